The Kier molecular flexibility index (Phi) is 2.62. The summed E-state index contributed by atoms with van der Waals surface area (Å²) in [5, 5.41) is 8.93. The van der Waals surface area contributed by atoms with Crippen molar-refractivity contribution in [2.24, 2.45) is 0 Å². The Hall–Kier alpha value is -1.51. The van der Waals surface area contributed by atoms with Gasteiger partial charge in [-0.05, 0) is 31.4 Å². The van der Waals surface area contributed by atoms with Gasteiger partial charge in [-0.25, -0.2) is 0 Å². The fourth-order valence-corrected chi connectivity index (χ4v) is 2.22. The summed E-state index contributed by atoms with van der Waals surface area (Å²) in [6.07, 6.45) is 2.09. The van der Waals surface area contributed by atoms with Gasteiger partial charge < -0.3 is 9.84 Å². The van der Waals surface area contributed by atoms with Crippen molar-refractivity contribution in [1.29, 1.82) is 0 Å². The highest BCUT2D eigenvalue weighted by atomic mass is 16.5. The van der Waals surface area contributed by atoms with Crippen LogP contribution in [-0.4, -0.2) is 18.2 Å². The van der Waals surface area contributed by atoms with Crippen LogP contribution in [0.2, 0.25) is 0 Å². The van der Waals surface area contributed by atoms with Crippen molar-refractivity contribution >= 4 is 5.97 Å². The molecule has 1 aliphatic carbocycles. The molecule has 1 aromatic carbocycles. The van der Waals surface area contributed by atoms with E-state index < -0.39 is 5.97 Å². The number of carboxylic acids is 1. The van der Waals surface area contributed by atoms with Crippen LogP contribution in [0, 0.1) is 6.92 Å². The lowest BCUT2D eigenvalue weighted by atomic mass is 9.91. The molecule has 3 nitrogen and oxygen atoms in total. The van der Waals surface area contributed by atoms with Gasteiger partial charge in [0.15, 0.2) is 0 Å². The number of carboxylic acid groups (broad SMARTS) is 1. The van der Waals surface area contributed by atoms with Crippen LogP contribution in [0.5, 0.6) is 5.75 Å². The number of methoxy groups -OCH3 is 1. The molecular formula is C13H16O3. The molecule has 0 spiro atoms. The van der Waals surface area contributed by atoms with E-state index in [9.17, 15) is 4.79 Å². The number of aliphatic carboxylic acids is 1. The van der Waals surface area contributed by atoms with E-state index >= 15 is 0 Å². The average molecular weight is 220 g/mol. The third-order valence-electron chi connectivity index (χ3n) is 3.27. The van der Waals surface area contributed by atoms with Crippen LogP contribution in [0.4, 0.5) is 0 Å². The van der Waals surface area contributed by atoms with Crippen LogP contribution >= 0.6 is 0 Å². The molecule has 1 N–H and O–H groups in total. The smallest absolute Gasteiger partial charge is 0.304 e. The van der Waals surface area contributed by atoms with Gasteiger partial charge in [0.1, 0.15) is 5.75 Å². The first-order chi connectivity index (χ1) is 7.57. The van der Waals surface area contributed by atoms with Crippen LogP contribution < -0.4 is 4.74 Å². The van der Waals surface area contributed by atoms with Gasteiger partial charge in [-0.15, -0.1) is 0 Å². The minimum atomic E-state index is -0.736. The lowest BCUT2D eigenvalue weighted by molar-refractivity contribution is -0.137. The van der Waals surface area contributed by atoms with Crippen molar-refractivity contribution in [2.75, 3.05) is 7.11 Å². The molecule has 0 atom stereocenters. The molecule has 0 aliphatic heterocycles. The normalized spacial score (nSPS) is 16.9. The third-order valence-corrected chi connectivity index (χ3v) is 3.27. The monoisotopic (exact) mass is 220 g/mol. The summed E-state index contributed by atoms with van der Waals surface area (Å²) in [4.78, 5) is 10.9. The number of hydrogen-bond acceptors (Lipinski definition) is 2. The maximum atomic E-state index is 10.9. The Morgan fingerprint density at radius 1 is 1.50 bits per heavy atom. The Labute approximate surface area is 95.0 Å². The van der Waals surface area contributed by atoms with Gasteiger partial charge in [0.05, 0.1) is 13.5 Å². The predicted molar refractivity (Wildman–Crippen MR) is 60.9 cm³/mol. The minimum Gasteiger partial charge on any atom is -0.496 e. The second-order valence-corrected chi connectivity index (χ2v) is 4.55. The van der Waals surface area contributed by atoms with E-state index in [2.05, 4.69) is 0 Å². The molecule has 0 aromatic heterocycles. The summed E-state index contributed by atoms with van der Waals surface area (Å²) < 4.78 is 5.34. The highest BCUT2D eigenvalue weighted by Gasteiger charge is 2.47. The van der Waals surface area contributed by atoms with E-state index in [-0.39, 0.29) is 11.8 Å². The topological polar surface area (TPSA) is 46.5 Å². The van der Waals surface area contributed by atoms with Gasteiger partial charge in [-0.1, -0.05) is 12.1 Å². The second-order valence-electron chi connectivity index (χ2n) is 4.55. The van der Waals surface area contributed by atoms with E-state index in [1.807, 2.05) is 25.1 Å². The fraction of sp³-hybridized carbons (Fsp3) is 0.462. The predicted octanol–water partition coefficient (Wildman–Crippen LogP) is 2.51. The van der Waals surface area contributed by atoms with Gasteiger partial charge in [0.2, 0.25) is 0 Å². The van der Waals surface area contributed by atoms with Gasteiger partial charge in [0, 0.05) is 11.0 Å². The zero-order chi connectivity index (χ0) is 11.8. The quantitative estimate of drug-likeness (QED) is 0.848. The Balaban J connectivity index is 2.36. The number of carbonyl (C=O) groups is 1. The highest BCUT2D eigenvalue weighted by molar-refractivity contribution is 5.70. The van der Waals surface area contributed by atoms with Crippen molar-refractivity contribution < 1.29 is 14.6 Å². The van der Waals surface area contributed by atoms with Gasteiger partial charge >= 0.3 is 5.97 Å². The summed E-state index contributed by atoms with van der Waals surface area (Å²) in [7, 11) is 1.63. The van der Waals surface area contributed by atoms with E-state index in [0.717, 1.165) is 29.7 Å². The molecule has 1 aliphatic rings. The molecule has 2 rings (SSSR count). The maximum absolute atomic E-state index is 10.9. The zero-order valence-corrected chi connectivity index (χ0v) is 9.62. The first-order valence-electron chi connectivity index (χ1n) is 5.44. The van der Waals surface area contributed by atoms with Gasteiger partial charge in [-0.2, -0.15) is 0 Å². The summed E-state index contributed by atoms with van der Waals surface area (Å²) in [6.45, 7) is 2.00. The van der Waals surface area contributed by atoms with Crippen LogP contribution in [0.25, 0.3) is 0 Å². The Morgan fingerprint density at radius 3 is 2.69 bits per heavy atom. The SMILES string of the molecule is COc1cc(C)ccc1C1(CC(=O)O)CC1. The summed E-state index contributed by atoms with van der Waals surface area (Å²) in [5.74, 6) is 0.0823. The summed E-state index contributed by atoms with van der Waals surface area (Å²) in [6, 6.07) is 5.99. The Bertz CT molecular complexity index is 419. The van der Waals surface area contributed by atoms with Gasteiger partial charge in [0.25, 0.3) is 0 Å². The number of benzene rings is 1. The lowest BCUT2D eigenvalue weighted by Crippen LogP contribution is -2.14. The molecule has 16 heavy (non-hydrogen) atoms. The molecule has 3 heteroatoms. The molecule has 0 bridgehead atoms. The van der Waals surface area contributed by atoms with Crippen molar-refractivity contribution in [3.05, 3.63) is 29.3 Å². The van der Waals surface area contributed by atoms with Crippen LogP contribution in [-0.2, 0) is 10.2 Å². The van der Waals surface area contributed by atoms with E-state index in [4.69, 9.17) is 9.84 Å². The minimum absolute atomic E-state index is 0.176. The molecule has 0 amide bonds. The molecule has 86 valence electrons. The van der Waals surface area contributed by atoms with Crippen molar-refractivity contribution in [2.45, 2.75) is 31.6 Å². The van der Waals surface area contributed by atoms with Crippen molar-refractivity contribution in [1.82, 2.24) is 0 Å². The number of hydrogen-bond donors (Lipinski definition) is 1. The molecule has 0 radical (unpaired) electrons. The fourth-order valence-electron chi connectivity index (χ4n) is 2.22. The van der Waals surface area contributed by atoms with Gasteiger partial charge in [-0.3, -0.25) is 4.79 Å². The zero-order valence-electron chi connectivity index (χ0n) is 9.62. The molecule has 0 saturated heterocycles. The van der Waals surface area contributed by atoms with E-state index in [0.29, 0.717) is 0 Å². The summed E-state index contributed by atoms with van der Waals surface area (Å²) >= 11 is 0. The molecule has 0 unspecified atom stereocenters. The largest absolute Gasteiger partial charge is 0.496 e. The van der Waals surface area contributed by atoms with Crippen LogP contribution in [0.1, 0.15) is 30.4 Å². The number of rotatable bonds is 4. The molecule has 1 saturated carbocycles. The van der Waals surface area contributed by atoms with Crippen LogP contribution in [0.3, 0.4) is 0 Å². The third kappa shape index (κ3) is 1.90. The first kappa shape index (κ1) is 11.0. The average Bonchev–Trinajstić information content (AvgIpc) is 2.97. The van der Waals surface area contributed by atoms with E-state index in [1.165, 1.54) is 0 Å². The summed E-state index contributed by atoms with van der Waals surface area (Å²) in [5.41, 5.74) is 2.00. The van der Waals surface area contributed by atoms with Crippen molar-refractivity contribution in [3.63, 3.8) is 0 Å². The van der Waals surface area contributed by atoms with E-state index in [1.54, 1.807) is 7.11 Å². The molecular weight excluding hydrogens is 204 g/mol. The number of aryl methyl sites for hydroxylation is 1. The maximum Gasteiger partial charge on any atom is 0.304 e. The highest BCUT2D eigenvalue weighted by Crippen LogP contribution is 2.53. The van der Waals surface area contributed by atoms with Crippen molar-refractivity contribution in [3.8, 4) is 5.75 Å². The van der Waals surface area contributed by atoms with Crippen LogP contribution in [0.15, 0.2) is 18.2 Å². The lowest BCUT2D eigenvalue weighted by Gasteiger charge is -2.17. The molecule has 0 heterocycles. The molecule has 1 aromatic rings. The molecule has 1 fully saturated rings. The standard InChI is InChI=1S/C13H16O3/c1-9-3-4-10(11(7-9)16-2)13(5-6-13)8-12(14)15/h3-4,7H,5-6,8H2,1-2H3,(H,14,15). The Morgan fingerprint density at radius 2 is 2.19 bits per heavy atom. The first-order valence-corrected chi connectivity index (χ1v) is 5.44. The second kappa shape index (κ2) is 3.81. The number of ether oxygens (including phenoxy) is 1.